The van der Waals surface area contributed by atoms with Gasteiger partial charge in [0.1, 0.15) is 0 Å². The second-order valence-corrected chi connectivity index (χ2v) is 15.3. The first kappa shape index (κ1) is 30.8. The zero-order valence-electron chi connectivity index (χ0n) is 25.9. The number of hydrogen-bond donors (Lipinski definition) is 4. The minimum Gasteiger partial charge on any atom is -0.393 e. The lowest BCUT2D eigenvalue weighted by Crippen LogP contribution is -2.59. The molecule has 4 nitrogen and oxygen atoms in total. The highest BCUT2D eigenvalue weighted by molar-refractivity contribution is 5.11. The van der Waals surface area contributed by atoms with Crippen molar-refractivity contribution in [1.29, 1.82) is 0 Å². The Morgan fingerprint density at radius 1 is 0.789 bits per heavy atom. The predicted molar refractivity (Wildman–Crippen MR) is 162 cm³/mol. The largest absolute Gasteiger partial charge is 0.393 e. The van der Waals surface area contributed by atoms with E-state index in [2.05, 4.69) is 45.3 Å². The van der Waals surface area contributed by atoms with Crippen LogP contribution in [0.25, 0.3) is 0 Å². The van der Waals surface area contributed by atoms with Gasteiger partial charge in [-0.05, 0) is 149 Å². The lowest BCUT2D eigenvalue weighted by molar-refractivity contribution is -0.162. The molecule has 222 valence electrons. The number of fused-ring (bicyclic) bond motifs is 5. The Balaban J connectivity index is 1.30. The number of nitrogens with one attached hydrogen (secondary N) is 2. The molecule has 0 spiro atoms. The van der Waals surface area contributed by atoms with Crippen molar-refractivity contribution in [3.8, 4) is 0 Å². The van der Waals surface area contributed by atoms with Gasteiger partial charge >= 0.3 is 0 Å². The Hall–Kier alpha value is -0.160. The smallest absolute Gasteiger partial charge is 0.0577 e. The molecule has 0 aromatic carbocycles. The van der Waals surface area contributed by atoms with Gasteiger partial charge in [0.05, 0.1) is 6.10 Å². The van der Waals surface area contributed by atoms with Crippen molar-refractivity contribution >= 4 is 0 Å². The summed E-state index contributed by atoms with van der Waals surface area (Å²) in [6, 6.07) is 0.591. The molecule has 0 aromatic rings. The number of unbranched alkanes of at least 4 members (excludes halogenated alkanes) is 1. The van der Waals surface area contributed by atoms with E-state index < -0.39 is 0 Å². The van der Waals surface area contributed by atoms with E-state index in [1.54, 1.807) is 0 Å². The van der Waals surface area contributed by atoms with Gasteiger partial charge in [0.25, 0.3) is 0 Å². The molecular formula is C34H65N3O. The first-order chi connectivity index (χ1) is 18.2. The average molecular weight is 532 g/mol. The van der Waals surface area contributed by atoms with Crippen molar-refractivity contribution < 1.29 is 5.11 Å². The molecule has 0 saturated heterocycles. The van der Waals surface area contributed by atoms with Gasteiger partial charge in [-0.3, -0.25) is 0 Å². The Morgan fingerprint density at radius 2 is 1.53 bits per heavy atom. The molecule has 5 N–H and O–H groups in total. The molecule has 4 rings (SSSR count). The minimum atomic E-state index is -0.0973. The maximum absolute atomic E-state index is 11.6. The Morgan fingerprint density at radius 3 is 2.29 bits per heavy atom. The fourth-order valence-electron chi connectivity index (χ4n) is 10.5. The highest BCUT2D eigenvalue weighted by Gasteiger charge is 2.62. The van der Waals surface area contributed by atoms with Gasteiger partial charge in [0, 0.05) is 6.04 Å². The summed E-state index contributed by atoms with van der Waals surface area (Å²) in [5.74, 6) is 5.52. The molecule has 38 heavy (non-hydrogen) atoms. The van der Waals surface area contributed by atoms with Crippen LogP contribution < -0.4 is 16.4 Å². The van der Waals surface area contributed by atoms with Gasteiger partial charge in [0.15, 0.2) is 0 Å². The molecule has 0 bridgehead atoms. The first-order valence-corrected chi connectivity index (χ1v) is 17.0. The van der Waals surface area contributed by atoms with E-state index in [1.807, 2.05) is 0 Å². The van der Waals surface area contributed by atoms with Gasteiger partial charge in [-0.1, -0.05) is 53.9 Å². The van der Waals surface area contributed by atoms with E-state index in [0.717, 1.165) is 74.5 Å². The predicted octanol–water partition coefficient (Wildman–Crippen LogP) is 6.76. The van der Waals surface area contributed by atoms with E-state index >= 15 is 0 Å². The summed E-state index contributed by atoms with van der Waals surface area (Å²) in [6.07, 6.45) is 18.2. The monoisotopic (exact) mass is 532 g/mol. The fraction of sp³-hybridized carbons (Fsp3) is 1.00. The summed E-state index contributed by atoms with van der Waals surface area (Å²) >= 11 is 0. The first-order valence-electron chi connectivity index (χ1n) is 17.0. The summed E-state index contributed by atoms with van der Waals surface area (Å²) < 4.78 is 0. The molecule has 4 aliphatic rings. The maximum atomic E-state index is 11.6. The Kier molecular flexibility index (Phi) is 11.1. The zero-order chi connectivity index (χ0) is 27.3. The molecule has 0 aliphatic heterocycles. The van der Waals surface area contributed by atoms with Gasteiger partial charge in [-0.15, -0.1) is 0 Å². The number of hydrogen-bond acceptors (Lipinski definition) is 4. The van der Waals surface area contributed by atoms with Crippen LogP contribution in [0.3, 0.4) is 0 Å². The van der Waals surface area contributed by atoms with Crippen LogP contribution in [-0.4, -0.2) is 43.4 Å². The number of rotatable bonds is 14. The molecule has 0 aromatic heterocycles. The van der Waals surface area contributed by atoms with Crippen molar-refractivity contribution in [2.24, 2.45) is 58.0 Å². The van der Waals surface area contributed by atoms with Crippen LogP contribution in [0.1, 0.15) is 125 Å². The van der Waals surface area contributed by atoms with Crippen LogP contribution in [0.2, 0.25) is 0 Å². The van der Waals surface area contributed by atoms with Crippen molar-refractivity contribution in [1.82, 2.24) is 10.6 Å². The van der Waals surface area contributed by atoms with E-state index in [9.17, 15) is 5.11 Å². The molecule has 0 heterocycles. The molecule has 10 atom stereocenters. The lowest BCUT2D eigenvalue weighted by Gasteiger charge is -2.62. The summed E-state index contributed by atoms with van der Waals surface area (Å²) in [4.78, 5) is 0. The summed E-state index contributed by atoms with van der Waals surface area (Å²) in [5, 5.41) is 19.1. The quantitative estimate of drug-likeness (QED) is 0.187. The maximum Gasteiger partial charge on any atom is 0.0577 e. The third-order valence-electron chi connectivity index (χ3n) is 12.7. The van der Waals surface area contributed by atoms with Gasteiger partial charge < -0.3 is 21.5 Å². The molecule has 5 unspecified atom stereocenters. The Labute approximate surface area is 236 Å². The van der Waals surface area contributed by atoms with Crippen LogP contribution >= 0.6 is 0 Å². The molecule has 4 fully saturated rings. The van der Waals surface area contributed by atoms with Gasteiger partial charge in [0.2, 0.25) is 0 Å². The average Bonchev–Trinajstić information content (AvgIpc) is 3.23. The second-order valence-electron chi connectivity index (χ2n) is 15.3. The molecule has 4 saturated carbocycles. The molecular weight excluding hydrogens is 466 g/mol. The fourth-order valence-corrected chi connectivity index (χ4v) is 10.5. The van der Waals surface area contributed by atoms with Crippen LogP contribution in [0.15, 0.2) is 0 Å². The van der Waals surface area contributed by atoms with Crippen molar-refractivity contribution in [3.05, 3.63) is 0 Å². The minimum absolute atomic E-state index is 0.0973. The lowest BCUT2D eigenvalue weighted by atomic mass is 9.43. The zero-order valence-corrected chi connectivity index (χ0v) is 25.9. The summed E-state index contributed by atoms with van der Waals surface area (Å²) in [7, 11) is 0. The van der Waals surface area contributed by atoms with E-state index in [1.165, 1.54) is 77.0 Å². The van der Waals surface area contributed by atoms with Crippen LogP contribution in [0.5, 0.6) is 0 Å². The van der Waals surface area contributed by atoms with Crippen LogP contribution in [-0.2, 0) is 0 Å². The third kappa shape index (κ3) is 6.66. The number of aliphatic hydroxyl groups excluding tert-OH is 1. The van der Waals surface area contributed by atoms with Crippen molar-refractivity contribution in [2.75, 3.05) is 26.2 Å². The van der Waals surface area contributed by atoms with Crippen molar-refractivity contribution in [2.45, 2.75) is 137 Å². The summed E-state index contributed by atoms with van der Waals surface area (Å²) in [5.41, 5.74) is 6.44. The normalized spacial score (nSPS) is 41.5. The third-order valence-corrected chi connectivity index (χ3v) is 12.7. The van der Waals surface area contributed by atoms with Gasteiger partial charge in [-0.2, -0.15) is 0 Å². The van der Waals surface area contributed by atoms with Crippen LogP contribution in [0, 0.1) is 52.3 Å². The van der Waals surface area contributed by atoms with Crippen molar-refractivity contribution in [3.63, 3.8) is 0 Å². The standard InChI is InChI=1S/C34H65N3O/c1-24(2)10-8-11-25(3)28-12-13-29-27-23-32(38)31-22-26(37-21-9-20-36-19-7-6-18-35)14-16-34(31,5)30(27)15-17-33(28,29)4/h24-32,36-38H,6-23,35H2,1-5H3/t25?,26-,27?,28-,29?,30?,31-,32?,33-,34-/m1/s1. The molecule has 4 aliphatic carbocycles. The second kappa shape index (κ2) is 13.7. The van der Waals surface area contributed by atoms with E-state index in [4.69, 9.17) is 5.73 Å². The van der Waals surface area contributed by atoms with E-state index in [0.29, 0.717) is 22.8 Å². The summed E-state index contributed by atoms with van der Waals surface area (Å²) in [6.45, 7) is 16.7. The molecule has 4 heteroatoms. The highest BCUT2D eigenvalue weighted by atomic mass is 16.3. The van der Waals surface area contributed by atoms with Crippen LogP contribution in [0.4, 0.5) is 0 Å². The molecule has 0 radical (unpaired) electrons. The van der Waals surface area contributed by atoms with Gasteiger partial charge in [-0.25, -0.2) is 0 Å². The number of nitrogens with two attached hydrogens (primary N) is 1. The number of aliphatic hydroxyl groups is 1. The molecule has 0 amide bonds. The van der Waals surface area contributed by atoms with E-state index in [-0.39, 0.29) is 6.10 Å². The Bertz CT molecular complexity index is 714. The topological polar surface area (TPSA) is 70.3 Å². The highest BCUT2D eigenvalue weighted by Crippen LogP contribution is 2.68. The SMILES string of the molecule is CC(C)CCCC(C)[C@H]1CCC2C3CC(O)[C@H]4C[C@H](NCCCNCCCCN)CC[C@]4(C)C3CC[C@@]21C.